The minimum absolute atomic E-state index is 0.270. The minimum atomic E-state index is -0.493. The van der Waals surface area contributed by atoms with Crippen molar-refractivity contribution in [2.45, 2.75) is 58.3 Å². The number of rotatable bonds is 9. The molecular formula is C17H26N2O4. The standard InChI is InChI=1S/C17H26N2O4/c1-3-4-5-6-7-8-9-10-11-15(21)19-13-16(22)18(14(2)20)12-17(19)23/h3H,1,4-13H2,2H3. The van der Waals surface area contributed by atoms with E-state index < -0.39 is 17.7 Å². The summed E-state index contributed by atoms with van der Waals surface area (Å²) in [5.41, 5.74) is 0. The molecule has 23 heavy (non-hydrogen) atoms. The lowest BCUT2D eigenvalue weighted by atomic mass is 10.1. The lowest BCUT2D eigenvalue weighted by Crippen LogP contribution is -2.56. The normalized spacial score (nSPS) is 15.0. The zero-order valence-electron chi connectivity index (χ0n) is 13.9. The number of carbonyl (C=O) groups excluding carboxylic acids is 4. The molecule has 0 aromatic rings. The molecule has 0 aromatic carbocycles. The maximum absolute atomic E-state index is 12.0. The molecule has 1 heterocycles. The van der Waals surface area contributed by atoms with E-state index in [1.807, 2.05) is 6.08 Å². The summed E-state index contributed by atoms with van der Waals surface area (Å²) in [4.78, 5) is 48.8. The summed E-state index contributed by atoms with van der Waals surface area (Å²) in [6, 6.07) is 0. The highest BCUT2D eigenvalue weighted by Crippen LogP contribution is 2.12. The molecule has 0 spiro atoms. The van der Waals surface area contributed by atoms with Crippen LogP contribution in [0.3, 0.4) is 0 Å². The first-order valence-electron chi connectivity index (χ1n) is 8.22. The molecule has 0 radical (unpaired) electrons. The number of carbonyl (C=O) groups is 4. The summed E-state index contributed by atoms with van der Waals surface area (Å²) in [6.45, 7) is 4.27. The fraction of sp³-hybridized carbons (Fsp3) is 0.647. The number of unbranched alkanes of at least 4 members (excludes halogenated alkanes) is 6. The largest absolute Gasteiger partial charge is 0.275 e. The van der Waals surface area contributed by atoms with Crippen molar-refractivity contribution >= 4 is 23.6 Å². The highest BCUT2D eigenvalue weighted by Gasteiger charge is 2.35. The molecule has 4 amide bonds. The van der Waals surface area contributed by atoms with Gasteiger partial charge in [0.05, 0.1) is 0 Å². The minimum Gasteiger partial charge on any atom is -0.275 e. The van der Waals surface area contributed by atoms with Crippen molar-refractivity contribution in [1.29, 1.82) is 0 Å². The van der Waals surface area contributed by atoms with Gasteiger partial charge in [-0.05, 0) is 19.3 Å². The van der Waals surface area contributed by atoms with Gasteiger partial charge in [-0.1, -0.05) is 31.8 Å². The molecule has 1 saturated heterocycles. The van der Waals surface area contributed by atoms with Gasteiger partial charge in [-0.25, -0.2) is 0 Å². The van der Waals surface area contributed by atoms with Crippen molar-refractivity contribution in [2.24, 2.45) is 0 Å². The van der Waals surface area contributed by atoms with Gasteiger partial charge in [-0.3, -0.25) is 29.0 Å². The molecule has 0 aliphatic carbocycles. The second-order valence-corrected chi connectivity index (χ2v) is 5.82. The van der Waals surface area contributed by atoms with E-state index in [1.54, 1.807) is 0 Å². The van der Waals surface area contributed by atoms with Crippen LogP contribution in [0.15, 0.2) is 12.7 Å². The number of hydrogen-bond acceptors (Lipinski definition) is 4. The van der Waals surface area contributed by atoms with E-state index in [9.17, 15) is 19.2 Å². The number of allylic oxidation sites excluding steroid dienone is 1. The van der Waals surface area contributed by atoms with Gasteiger partial charge >= 0.3 is 0 Å². The van der Waals surface area contributed by atoms with Crippen LogP contribution in [0.4, 0.5) is 0 Å². The Kier molecular flexibility index (Phi) is 8.22. The van der Waals surface area contributed by atoms with Crippen molar-refractivity contribution in [3.8, 4) is 0 Å². The van der Waals surface area contributed by atoms with E-state index in [0.717, 1.165) is 41.9 Å². The average molecular weight is 322 g/mol. The SMILES string of the molecule is C=CCCCCCCCCC(=O)N1CC(=O)N(C(C)=O)CC1=O. The van der Waals surface area contributed by atoms with Gasteiger partial charge in [0.15, 0.2) is 0 Å². The lowest BCUT2D eigenvalue weighted by molar-refractivity contribution is -0.161. The summed E-state index contributed by atoms with van der Waals surface area (Å²) < 4.78 is 0. The summed E-state index contributed by atoms with van der Waals surface area (Å²) in [5.74, 6) is -1.76. The van der Waals surface area contributed by atoms with Gasteiger partial charge in [0.25, 0.3) is 0 Å². The summed E-state index contributed by atoms with van der Waals surface area (Å²) >= 11 is 0. The number of piperazine rings is 1. The Balaban J connectivity index is 2.25. The third-order valence-corrected chi connectivity index (χ3v) is 3.92. The molecule has 1 aliphatic heterocycles. The van der Waals surface area contributed by atoms with Crippen molar-refractivity contribution in [1.82, 2.24) is 9.80 Å². The maximum atomic E-state index is 12.0. The van der Waals surface area contributed by atoms with E-state index in [0.29, 0.717) is 6.42 Å². The van der Waals surface area contributed by atoms with Crippen LogP contribution >= 0.6 is 0 Å². The second-order valence-electron chi connectivity index (χ2n) is 5.82. The summed E-state index contributed by atoms with van der Waals surface area (Å²) in [5, 5.41) is 0. The zero-order chi connectivity index (χ0) is 17.2. The van der Waals surface area contributed by atoms with Crippen molar-refractivity contribution in [3.63, 3.8) is 0 Å². The smallest absolute Gasteiger partial charge is 0.249 e. The van der Waals surface area contributed by atoms with Crippen LogP contribution < -0.4 is 0 Å². The predicted molar refractivity (Wildman–Crippen MR) is 86.2 cm³/mol. The first-order chi connectivity index (χ1) is 11.0. The molecular weight excluding hydrogens is 296 g/mol. The van der Waals surface area contributed by atoms with E-state index in [1.165, 1.54) is 13.3 Å². The maximum Gasteiger partial charge on any atom is 0.249 e. The number of hydrogen-bond donors (Lipinski definition) is 0. The second kappa shape index (κ2) is 9.92. The Morgan fingerprint density at radius 1 is 0.957 bits per heavy atom. The van der Waals surface area contributed by atoms with Gasteiger partial charge in [0, 0.05) is 13.3 Å². The molecule has 0 unspecified atom stereocenters. The van der Waals surface area contributed by atoms with Gasteiger partial charge in [0.1, 0.15) is 13.1 Å². The van der Waals surface area contributed by atoms with Crippen LogP contribution in [0, 0.1) is 0 Å². The number of amides is 4. The van der Waals surface area contributed by atoms with Crippen LogP contribution in [0.1, 0.15) is 58.3 Å². The Morgan fingerprint density at radius 3 is 2.09 bits per heavy atom. The molecule has 0 N–H and O–H groups in total. The first-order valence-corrected chi connectivity index (χ1v) is 8.22. The molecule has 6 nitrogen and oxygen atoms in total. The molecule has 1 aliphatic rings. The summed E-state index contributed by atoms with van der Waals surface area (Å²) in [7, 11) is 0. The lowest BCUT2D eigenvalue weighted by Gasteiger charge is -2.30. The average Bonchev–Trinajstić information content (AvgIpc) is 2.51. The molecule has 128 valence electrons. The zero-order valence-corrected chi connectivity index (χ0v) is 13.9. The molecule has 0 saturated carbocycles. The Bertz CT molecular complexity index is 473. The van der Waals surface area contributed by atoms with Crippen LogP contribution in [0.5, 0.6) is 0 Å². The quantitative estimate of drug-likeness (QED) is 0.481. The Morgan fingerprint density at radius 2 is 1.48 bits per heavy atom. The van der Waals surface area contributed by atoms with Gasteiger partial charge in [-0.15, -0.1) is 6.58 Å². The van der Waals surface area contributed by atoms with Crippen LogP contribution in [0.2, 0.25) is 0 Å². The Labute approximate surface area is 137 Å². The van der Waals surface area contributed by atoms with E-state index in [-0.39, 0.29) is 25.4 Å². The highest BCUT2D eigenvalue weighted by atomic mass is 16.2. The van der Waals surface area contributed by atoms with Crippen molar-refractivity contribution in [2.75, 3.05) is 13.1 Å². The van der Waals surface area contributed by atoms with Gasteiger partial charge in [0.2, 0.25) is 23.6 Å². The number of nitrogens with zero attached hydrogens (tertiary/aromatic N) is 2. The van der Waals surface area contributed by atoms with Crippen LogP contribution in [-0.4, -0.2) is 46.5 Å². The van der Waals surface area contributed by atoms with Crippen molar-refractivity contribution < 1.29 is 19.2 Å². The first kappa shape index (κ1) is 19.1. The highest BCUT2D eigenvalue weighted by molar-refractivity contribution is 6.08. The molecule has 0 aromatic heterocycles. The van der Waals surface area contributed by atoms with Crippen LogP contribution in [-0.2, 0) is 19.2 Å². The predicted octanol–water partition coefficient (Wildman–Crippen LogP) is 2.04. The molecule has 1 fully saturated rings. The monoisotopic (exact) mass is 322 g/mol. The van der Waals surface area contributed by atoms with E-state index >= 15 is 0 Å². The van der Waals surface area contributed by atoms with Gasteiger partial charge < -0.3 is 0 Å². The third-order valence-electron chi connectivity index (χ3n) is 3.92. The van der Waals surface area contributed by atoms with E-state index in [2.05, 4.69) is 6.58 Å². The molecule has 1 rings (SSSR count). The third kappa shape index (κ3) is 6.34. The molecule has 6 heteroatoms. The van der Waals surface area contributed by atoms with Crippen molar-refractivity contribution in [3.05, 3.63) is 12.7 Å². The Hall–Kier alpha value is -1.98. The van der Waals surface area contributed by atoms with Crippen LogP contribution in [0.25, 0.3) is 0 Å². The van der Waals surface area contributed by atoms with Gasteiger partial charge in [-0.2, -0.15) is 0 Å². The fourth-order valence-electron chi connectivity index (χ4n) is 2.54. The molecule has 0 bridgehead atoms. The fourth-order valence-corrected chi connectivity index (χ4v) is 2.54. The van der Waals surface area contributed by atoms with E-state index in [4.69, 9.17) is 0 Å². The summed E-state index contributed by atoms with van der Waals surface area (Å²) in [6.07, 6.45) is 9.41. The topological polar surface area (TPSA) is 74.8 Å². The molecule has 0 atom stereocenters. The number of imide groups is 2.